The lowest BCUT2D eigenvalue weighted by atomic mass is 9.89. The number of rotatable bonds is 3. The third-order valence-corrected chi connectivity index (χ3v) is 6.37. The van der Waals surface area contributed by atoms with Gasteiger partial charge in [0.05, 0.1) is 12.0 Å². The molecule has 5 nitrogen and oxygen atoms in total. The van der Waals surface area contributed by atoms with E-state index in [1.165, 1.54) is 30.8 Å². The SMILES string of the molecule is CC[C@@H]1OCCC[C@@H]1C(=O)N1CCC(c2ncc3n2CCCC3)CC1. The van der Waals surface area contributed by atoms with Crippen LogP contribution in [0.3, 0.4) is 0 Å². The Morgan fingerprint density at radius 2 is 2.04 bits per heavy atom. The Morgan fingerprint density at radius 1 is 1.20 bits per heavy atom. The largest absolute Gasteiger partial charge is 0.377 e. The van der Waals surface area contributed by atoms with Gasteiger partial charge in [0.15, 0.2) is 0 Å². The van der Waals surface area contributed by atoms with Crippen LogP contribution in [0.5, 0.6) is 0 Å². The molecule has 3 aliphatic heterocycles. The molecule has 0 aromatic carbocycles. The molecule has 0 radical (unpaired) electrons. The second-order valence-electron chi connectivity index (χ2n) is 7.88. The van der Waals surface area contributed by atoms with Crippen LogP contribution in [0.15, 0.2) is 6.20 Å². The number of aryl methyl sites for hydroxylation is 1. The Hall–Kier alpha value is -1.36. The first-order chi connectivity index (χ1) is 12.3. The number of hydrogen-bond acceptors (Lipinski definition) is 3. The van der Waals surface area contributed by atoms with E-state index in [9.17, 15) is 4.79 Å². The summed E-state index contributed by atoms with van der Waals surface area (Å²) in [5.41, 5.74) is 1.41. The Bertz CT molecular complexity index is 604. The van der Waals surface area contributed by atoms with Crippen LogP contribution in [-0.2, 0) is 22.5 Å². The molecule has 0 spiro atoms. The van der Waals surface area contributed by atoms with Crippen LogP contribution < -0.4 is 0 Å². The summed E-state index contributed by atoms with van der Waals surface area (Å²) in [6.45, 7) is 5.82. The Kier molecular flexibility index (Phi) is 5.11. The van der Waals surface area contributed by atoms with Crippen LogP contribution in [0.2, 0.25) is 0 Å². The fraction of sp³-hybridized carbons (Fsp3) is 0.800. The minimum Gasteiger partial charge on any atom is -0.377 e. The second-order valence-corrected chi connectivity index (χ2v) is 7.88. The summed E-state index contributed by atoms with van der Waals surface area (Å²) in [6.07, 6.45) is 11.0. The Labute approximate surface area is 150 Å². The summed E-state index contributed by atoms with van der Waals surface area (Å²) in [4.78, 5) is 19.8. The lowest BCUT2D eigenvalue weighted by Gasteiger charge is -2.38. The van der Waals surface area contributed by atoms with Crippen LogP contribution in [0, 0.1) is 5.92 Å². The number of imidazole rings is 1. The van der Waals surface area contributed by atoms with Gasteiger partial charge in [-0.05, 0) is 51.4 Å². The molecule has 2 atom stereocenters. The number of amides is 1. The summed E-state index contributed by atoms with van der Waals surface area (Å²) in [6, 6.07) is 0. The van der Waals surface area contributed by atoms with E-state index in [-0.39, 0.29) is 12.0 Å². The van der Waals surface area contributed by atoms with Crippen molar-refractivity contribution in [2.45, 2.75) is 76.9 Å². The molecule has 4 rings (SSSR count). The first-order valence-electron chi connectivity index (χ1n) is 10.2. The zero-order valence-electron chi connectivity index (χ0n) is 15.5. The van der Waals surface area contributed by atoms with Crippen molar-refractivity contribution in [2.24, 2.45) is 5.92 Å². The molecule has 0 bridgehead atoms. The summed E-state index contributed by atoms with van der Waals surface area (Å²) >= 11 is 0. The highest BCUT2D eigenvalue weighted by Crippen LogP contribution is 2.32. The van der Waals surface area contributed by atoms with E-state index in [2.05, 4.69) is 22.6 Å². The summed E-state index contributed by atoms with van der Waals surface area (Å²) in [5, 5.41) is 0. The van der Waals surface area contributed by atoms with Crippen molar-refractivity contribution in [3.05, 3.63) is 17.7 Å². The number of likely N-dealkylation sites (tertiary alicyclic amines) is 1. The number of piperidine rings is 1. The van der Waals surface area contributed by atoms with Crippen molar-refractivity contribution in [1.82, 2.24) is 14.5 Å². The van der Waals surface area contributed by atoms with E-state index in [1.54, 1.807) is 0 Å². The molecule has 2 saturated heterocycles. The number of ether oxygens (including phenoxy) is 1. The van der Waals surface area contributed by atoms with E-state index >= 15 is 0 Å². The highest BCUT2D eigenvalue weighted by atomic mass is 16.5. The highest BCUT2D eigenvalue weighted by molar-refractivity contribution is 5.79. The number of carbonyl (C=O) groups excluding carboxylic acids is 1. The van der Waals surface area contributed by atoms with E-state index in [4.69, 9.17) is 9.72 Å². The van der Waals surface area contributed by atoms with Crippen molar-refractivity contribution in [3.8, 4) is 0 Å². The van der Waals surface area contributed by atoms with Crippen LogP contribution in [0.1, 0.15) is 69.3 Å². The highest BCUT2D eigenvalue weighted by Gasteiger charge is 2.36. The smallest absolute Gasteiger partial charge is 0.228 e. The Morgan fingerprint density at radius 3 is 2.84 bits per heavy atom. The molecule has 5 heteroatoms. The quantitative estimate of drug-likeness (QED) is 0.845. The normalized spacial score (nSPS) is 28.0. The van der Waals surface area contributed by atoms with Crippen molar-refractivity contribution < 1.29 is 9.53 Å². The van der Waals surface area contributed by atoms with E-state index in [0.717, 1.165) is 58.3 Å². The molecule has 0 saturated carbocycles. The number of fused-ring (bicyclic) bond motifs is 1. The number of aromatic nitrogens is 2. The molecule has 1 aromatic heterocycles. The predicted octanol–water partition coefficient (Wildman–Crippen LogP) is 3.13. The van der Waals surface area contributed by atoms with E-state index < -0.39 is 0 Å². The maximum Gasteiger partial charge on any atom is 0.228 e. The molecule has 138 valence electrons. The van der Waals surface area contributed by atoms with Crippen LogP contribution in [-0.4, -0.2) is 46.2 Å². The van der Waals surface area contributed by atoms with Gasteiger partial charge in [0.25, 0.3) is 0 Å². The average Bonchev–Trinajstić information content (AvgIpc) is 3.11. The van der Waals surface area contributed by atoms with Gasteiger partial charge in [0.2, 0.25) is 5.91 Å². The molecular formula is C20H31N3O2. The van der Waals surface area contributed by atoms with Gasteiger partial charge in [-0.25, -0.2) is 4.98 Å². The topological polar surface area (TPSA) is 47.4 Å². The first kappa shape index (κ1) is 17.1. The van der Waals surface area contributed by atoms with Gasteiger partial charge in [0, 0.05) is 44.0 Å². The molecule has 4 heterocycles. The summed E-state index contributed by atoms with van der Waals surface area (Å²) in [7, 11) is 0. The van der Waals surface area contributed by atoms with Crippen molar-refractivity contribution in [3.63, 3.8) is 0 Å². The van der Waals surface area contributed by atoms with Crippen LogP contribution >= 0.6 is 0 Å². The number of carbonyl (C=O) groups is 1. The average molecular weight is 345 g/mol. The van der Waals surface area contributed by atoms with Gasteiger partial charge < -0.3 is 14.2 Å². The van der Waals surface area contributed by atoms with Crippen LogP contribution in [0.25, 0.3) is 0 Å². The molecule has 0 N–H and O–H groups in total. The van der Waals surface area contributed by atoms with Gasteiger partial charge in [-0.2, -0.15) is 0 Å². The maximum absolute atomic E-state index is 13.0. The fourth-order valence-electron chi connectivity index (χ4n) is 4.90. The lowest BCUT2D eigenvalue weighted by molar-refractivity contribution is -0.146. The van der Waals surface area contributed by atoms with Gasteiger partial charge in [0.1, 0.15) is 5.82 Å². The second kappa shape index (κ2) is 7.48. The minimum absolute atomic E-state index is 0.0782. The van der Waals surface area contributed by atoms with E-state index in [1.807, 2.05) is 0 Å². The molecule has 0 unspecified atom stereocenters. The predicted molar refractivity (Wildman–Crippen MR) is 96.5 cm³/mol. The fourth-order valence-corrected chi connectivity index (χ4v) is 4.90. The third-order valence-electron chi connectivity index (χ3n) is 6.37. The number of hydrogen-bond donors (Lipinski definition) is 0. The van der Waals surface area contributed by atoms with Crippen molar-refractivity contribution in [2.75, 3.05) is 19.7 Å². The van der Waals surface area contributed by atoms with Gasteiger partial charge >= 0.3 is 0 Å². The zero-order valence-corrected chi connectivity index (χ0v) is 15.5. The van der Waals surface area contributed by atoms with Gasteiger partial charge in [-0.3, -0.25) is 4.79 Å². The molecule has 1 aromatic rings. The molecule has 0 aliphatic carbocycles. The number of nitrogens with zero attached hydrogens (tertiary/aromatic N) is 3. The maximum atomic E-state index is 13.0. The lowest BCUT2D eigenvalue weighted by Crippen LogP contribution is -2.46. The molecular weight excluding hydrogens is 314 g/mol. The van der Waals surface area contributed by atoms with Crippen molar-refractivity contribution in [1.29, 1.82) is 0 Å². The summed E-state index contributed by atoms with van der Waals surface area (Å²) < 4.78 is 8.29. The monoisotopic (exact) mass is 345 g/mol. The molecule has 2 fully saturated rings. The summed E-state index contributed by atoms with van der Waals surface area (Å²) in [5.74, 6) is 2.19. The van der Waals surface area contributed by atoms with Gasteiger partial charge in [-0.1, -0.05) is 6.92 Å². The first-order valence-corrected chi connectivity index (χ1v) is 10.2. The van der Waals surface area contributed by atoms with Crippen molar-refractivity contribution >= 4 is 5.91 Å². The van der Waals surface area contributed by atoms with E-state index in [0.29, 0.717) is 11.8 Å². The zero-order chi connectivity index (χ0) is 17.2. The third kappa shape index (κ3) is 3.35. The standard InChI is InChI=1S/C20H31N3O2/c1-2-18-17(7-5-13-25-18)20(24)22-11-8-15(9-12-22)19-21-14-16-6-3-4-10-23(16)19/h14-15,17-18H,2-13H2,1H3/t17-,18-/m0/s1. The molecule has 3 aliphatic rings. The van der Waals surface area contributed by atoms with Crippen LogP contribution in [0.4, 0.5) is 0 Å². The van der Waals surface area contributed by atoms with Gasteiger partial charge in [-0.15, -0.1) is 0 Å². The molecule has 1 amide bonds. The minimum atomic E-state index is 0.0782. The Balaban J connectivity index is 1.38. The molecule has 25 heavy (non-hydrogen) atoms.